The first kappa shape index (κ1) is 10.5. The van der Waals surface area contributed by atoms with E-state index in [2.05, 4.69) is 31.9 Å². The molecule has 1 rings (SSSR count). The Bertz CT molecular complexity index is 321. The Kier molecular flexibility index (Phi) is 3.33. The molecule has 1 N–H and O–H groups in total. The van der Waals surface area contributed by atoms with E-state index < -0.39 is 6.09 Å². The highest BCUT2D eigenvalue weighted by Crippen LogP contribution is 2.25. The van der Waals surface area contributed by atoms with Crippen molar-refractivity contribution < 1.29 is 9.90 Å². The number of hydrogen-bond donors (Lipinski definition) is 1. The van der Waals surface area contributed by atoms with Crippen LogP contribution in [0.15, 0.2) is 27.1 Å². The van der Waals surface area contributed by atoms with Crippen LogP contribution >= 0.6 is 31.9 Å². The molecular formula is C8H7Br2NO2. The normalized spacial score (nSPS) is 9.77. The maximum absolute atomic E-state index is 10.6. The average molecular weight is 309 g/mol. The SMILES string of the molecule is CN(C(=O)O)c1cc(Br)cc(Br)c1. The number of carboxylic acid groups (broad SMARTS) is 1. The van der Waals surface area contributed by atoms with Crippen LogP contribution in [0.4, 0.5) is 10.5 Å². The van der Waals surface area contributed by atoms with Gasteiger partial charge in [-0.3, -0.25) is 4.90 Å². The molecule has 0 fully saturated rings. The van der Waals surface area contributed by atoms with Gasteiger partial charge in [-0.25, -0.2) is 4.79 Å². The molecule has 0 saturated carbocycles. The lowest BCUT2D eigenvalue weighted by molar-refractivity contribution is 0.203. The summed E-state index contributed by atoms with van der Waals surface area (Å²) in [6, 6.07) is 5.32. The fourth-order valence-corrected chi connectivity index (χ4v) is 2.11. The van der Waals surface area contributed by atoms with Gasteiger partial charge in [0.25, 0.3) is 0 Å². The molecule has 0 bridgehead atoms. The molecule has 1 aromatic rings. The first-order chi connectivity index (χ1) is 6.00. The predicted molar refractivity (Wildman–Crippen MR) is 58.3 cm³/mol. The minimum atomic E-state index is -0.981. The van der Waals surface area contributed by atoms with Gasteiger partial charge in [-0.15, -0.1) is 0 Å². The summed E-state index contributed by atoms with van der Waals surface area (Å²) in [5, 5.41) is 8.71. The van der Waals surface area contributed by atoms with Crippen molar-refractivity contribution >= 4 is 43.6 Å². The van der Waals surface area contributed by atoms with Gasteiger partial charge in [0.1, 0.15) is 0 Å². The molecule has 0 atom stereocenters. The van der Waals surface area contributed by atoms with Gasteiger partial charge in [-0.05, 0) is 18.2 Å². The summed E-state index contributed by atoms with van der Waals surface area (Å²) >= 11 is 6.56. The lowest BCUT2D eigenvalue weighted by Gasteiger charge is -2.13. The minimum Gasteiger partial charge on any atom is -0.465 e. The first-order valence-corrected chi connectivity index (χ1v) is 5.02. The standard InChI is InChI=1S/C8H7Br2NO2/c1-11(8(12)13)7-3-5(9)2-6(10)4-7/h2-4H,1H3,(H,12,13). The van der Waals surface area contributed by atoms with Gasteiger partial charge < -0.3 is 5.11 Å². The molecule has 0 spiro atoms. The Morgan fingerprint density at radius 3 is 2.15 bits per heavy atom. The van der Waals surface area contributed by atoms with Gasteiger partial charge in [0, 0.05) is 21.7 Å². The third kappa shape index (κ3) is 2.70. The van der Waals surface area contributed by atoms with Crippen LogP contribution in [-0.4, -0.2) is 18.2 Å². The molecule has 0 aliphatic carbocycles. The van der Waals surface area contributed by atoms with Crippen LogP contribution in [0.1, 0.15) is 0 Å². The summed E-state index contributed by atoms with van der Waals surface area (Å²) in [6.07, 6.45) is -0.981. The summed E-state index contributed by atoms with van der Waals surface area (Å²) < 4.78 is 1.68. The molecule has 0 radical (unpaired) electrons. The number of carbonyl (C=O) groups is 1. The predicted octanol–water partition coefficient (Wildman–Crippen LogP) is 3.33. The van der Waals surface area contributed by atoms with Crippen molar-refractivity contribution in [3.63, 3.8) is 0 Å². The maximum Gasteiger partial charge on any atom is 0.411 e. The molecule has 0 aliphatic heterocycles. The highest BCUT2D eigenvalue weighted by molar-refractivity contribution is 9.11. The van der Waals surface area contributed by atoms with E-state index >= 15 is 0 Å². The van der Waals surface area contributed by atoms with Crippen molar-refractivity contribution in [2.75, 3.05) is 11.9 Å². The Morgan fingerprint density at radius 1 is 1.31 bits per heavy atom. The second-order valence-electron chi connectivity index (χ2n) is 2.47. The Morgan fingerprint density at radius 2 is 1.77 bits per heavy atom. The van der Waals surface area contributed by atoms with Crippen molar-refractivity contribution in [2.24, 2.45) is 0 Å². The van der Waals surface area contributed by atoms with E-state index in [4.69, 9.17) is 5.11 Å². The number of benzene rings is 1. The monoisotopic (exact) mass is 307 g/mol. The van der Waals surface area contributed by atoms with Crippen LogP contribution < -0.4 is 4.90 Å². The molecule has 3 nitrogen and oxygen atoms in total. The Hall–Kier alpha value is -0.550. The van der Waals surface area contributed by atoms with Crippen LogP contribution in [-0.2, 0) is 0 Å². The molecule has 0 saturated heterocycles. The number of anilines is 1. The lowest BCUT2D eigenvalue weighted by Crippen LogP contribution is -2.23. The van der Waals surface area contributed by atoms with Crippen molar-refractivity contribution in [3.05, 3.63) is 27.1 Å². The van der Waals surface area contributed by atoms with Crippen LogP contribution in [0.25, 0.3) is 0 Å². The zero-order valence-corrected chi connectivity index (χ0v) is 9.96. The Balaban J connectivity index is 3.07. The van der Waals surface area contributed by atoms with Crippen LogP contribution in [0.5, 0.6) is 0 Å². The molecule has 0 aromatic heterocycles. The molecule has 0 aliphatic rings. The quantitative estimate of drug-likeness (QED) is 0.864. The van der Waals surface area contributed by atoms with Gasteiger partial charge in [0.05, 0.1) is 0 Å². The second-order valence-corrected chi connectivity index (χ2v) is 4.30. The van der Waals surface area contributed by atoms with E-state index in [-0.39, 0.29) is 0 Å². The Labute approximate surface area is 92.6 Å². The van der Waals surface area contributed by atoms with Crippen LogP contribution in [0, 0.1) is 0 Å². The third-order valence-electron chi connectivity index (χ3n) is 1.52. The molecule has 0 unspecified atom stereocenters. The summed E-state index contributed by atoms with van der Waals surface area (Å²) in [7, 11) is 1.50. The van der Waals surface area contributed by atoms with Crippen LogP contribution in [0.3, 0.4) is 0 Å². The summed E-state index contributed by atoms with van der Waals surface area (Å²) in [4.78, 5) is 11.8. The molecule has 70 valence electrons. The van der Waals surface area contributed by atoms with Gasteiger partial charge in [-0.2, -0.15) is 0 Å². The fraction of sp³-hybridized carbons (Fsp3) is 0.125. The molecule has 1 amide bonds. The van der Waals surface area contributed by atoms with Crippen molar-refractivity contribution in [2.45, 2.75) is 0 Å². The van der Waals surface area contributed by atoms with Gasteiger partial charge in [0.15, 0.2) is 0 Å². The molecule has 13 heavy (non-hydrogen) atoms. The molecule has 0 heterocycles. The lowest BCUT2D eigenvalue weighted by atomic mass is 10.3. The van der Waals surface area contributed by atoms with E-state index in [0.717, 1.165) is 13.8 Å². The number of nitrogens with zero attached hydrogens (tertiary/aromatic N) is 1. The summed E-state index contributed by atoms with van der Waals surface area (Å²) in [5.74, 6) is 0. The highest BCUT2D eigenvalue weighted by atomic mass is 79.9. The zero-order chi connectivity index (χ0) is 10.0. The maximum atomic E-state index is 10.6. The van der Waals surface area contributed by atoms with Crippen LogP contribution in [0.2, 0.25) is 0 Å². The number of amides is 1. The van der Waals surface area contributed by atoms with E-state index in [1.54, 1.807) is 12.1 Å². The van der Waals surface area contributed by atoms with E-state index in [0.29, 0.717) is 5.69 Å². The number of rotatable bonds is 1. The van der Waals surface area contributed by atoms with Gasteiger partial charge in [-0.1, -0.05) is 31.9 Å². The largest absolute Gasteiger partial charge is 0.465 e. The molecule has 5 heteroatoms. The van der Waals surface area contributed by atoms with E-state index in [1.807, 2.05) is 6.07 Å². The molecular weight excluding hydrogens is 302 g/mol. The average Bonchev–Trinajstić information content (AvgIpc) is 2.01. The van der Waals surface area contributed by atoms with Gasteiger partial charge >= 0.3 is 6.09 Å². The second kappa shape index (κ2) is 4.11. The number of halogens is 2. The van der Waals surface area contributed by atoms with Gasteiger partial charge in [0.2, 0.25) is 0 Å². The molecule has 1 aromatic carbocycles. The van der Waals surface area contributed by atoms with Crippen molar-refractivity contribution in [1.82, 2.24) is 0 Å². The highest BCUT2D eigenvalue weighted by Gasteiger charge is 2.09. The fourth-order valence-electron chi connectivity index (χ4n) is 0.843. The van der Waals surface area contributed by atoms with E-state index in [9.17, 15) is 4.79 Å². The zero-order valence-electron chi connectivity index (χ0n) is 6.79. The third-order valence-corrected chi connectivity index (χ3v) is 2.44. The summed E-state index contributed by atoms with van der Waals surface area (Å²) in [5.41, 5.74) is 0.619. The van der Waals surface area contributed by atoms with Crippen molar-refractivity contribution in [3.8, 4) is 0 Å². The topological polar surface area (TPSA) is 40.5 Å². The van der Waals surface area contributed by atoms with E-state index in [1.165, 1.54) is 7.05 Å². The first-order valence-electron chi connectivity index (χ1n) is 3.43. The number of hydrogen-bond acceptors (Lipinski definition) is 1. The smallest absolute Gasteiger partial charge is 0.411 e. The minimum absolute atomic E-state index is 0.619. The van der Waals surface area contributed by atoms with Crippen molar-refractivity contribution in [1.29, 1.82) is 0 Å². The summed E-state index contributed by atoms with van der Waals surface area (Å²) in [6.45, 7) is 0.